The van der Waals surface area contributed by atoms with E-state index in [1.54, 1.807) is 12.1 Å². The number of aromatic nitrogens is 2. The number of nitrogens with zero attached hydrogens (tertiary/aromatic N) is 2. The van der Waals surface area contributed by atoms with Crippen molar-refractivity contribution in [1.82, 2.24) is 9.97 Å². The van der Waals surface area contributed by atoms with Crippen molar-refractivity contribution in [3.05, 3.63) is 47.8 Å². The van der Waals surface area contributed by atoms with Gasteiger partial charge in [0.2, 0.25) is 5.95 Å². The van der Waals surface area contributed by atoms with Gasteiger partial charge in [-0.2, -0.15) is 0 Å². The second-order valence-electron chi connectivity index (χ2n) is 4.12. The van der Waals surface area contributed by atoms with Crippen molar-refractivity contribution >= 4 is 11.9 Å². The molecule has 0 atom stereocenters. The molecule has 0 aliphatic rings. The van der Waals surface area contributed by atoms with E-state index in [0.717, 1.165) is 11.4 Å². The molecule has 0 aliphatic carbocycles. The lowest BCUT2D eigenvalue weighted by atomic mass is 10.3. The molecule has 1 N–H and O–H groups in total. The molecule has 0 fully saturated rings. The third-order valence-electron chi connectivity index (χ3n) is 2.35. The minimum absolute atomic E-state index is 0.0691. The van der Waals surface area contributed by atoms with Crippen molar-refractivity contribution in [3.63, 3.8) is 0 Å². The topological polar surface area (TPSA) is 64.1 Å². The van der Waals surface area contributed by atoms with Gasteiger partial charge in [-0.15, -0.1) is 0 Å². The molecule has 1 aromatic heterocycles. The summed E-state index contributed by atoms with van der Waals surface area (Å²) in [5.41, 5.74) is 1.62. The van der Waals surface area contributed by atoms with Crippen molar-refractivity contribution in [2.75, 3.05) is 11.9 Å². The molecular weight excluding hydrogens is 242 g/mol. The molecule has 0 bridgehead atoms. The van der Waals surface area contributed by atoms with Crippen LogP contribution in [0.5, 0.6) is 5.75 Å². The Morgan fingerprint density at radius 2 is 1.79 bits per heavy atom. The molecule has 2 aromatic rings. The predicted octanol–water partition coefficient (Wildman–Crippen LogP) is 2.11. The number of aryl methyl sites for hydroxylation is 2. The molecule has 98 valence electrons. The Balaban J connectivity index is 1.91. The Morgan fingerprint density at radius 1 is 1.16 bits per heavy atom. The Bertz CT molecular complexity index is 550. The zero-order valence-corrected chi connectivity index (χ0v) is 10.9. The summed E-state index contributed by atoms with van der Waals surface area (Å²) >= 11 is 0. The fraction of sp³-hybridized carbons (Fsp3) is 0.214. The van der Waals surface area contributed by atoms with Crippen LogP contribution >= 0.6 is 0 Å². The van der Waals surface area contributed by atoms with E-state index in [1.165, 1.54) is 0 Å². The zero-order valence-electron chi connectivity index (χ0n) is 10.9. The van der Waals surface area contributed by atoms with E-state index in [1.807, 2.05) is 38.1 Å². The van der Waals surface area contributed by atoms with Crippen molar-refractivity contribution in [1.29, 1.82) is 0 Å². The van der Waals surface area contributed by atoms with Crippen molar-refractivity contribution in [2.24, 2.45) is 0 Å². The summed E-state index contributed by atoms with van der Waals surface area (Å²) < 4.78 is 5.33. The van der Waals surface area contributed by atoms with E-state index in [4.69, 9.17) is 4.74 Å². The highest BCUT2D eigenvalue weighted by Crippen LogP contribution is 2.08. The molecule has 0 saturated heterocycles. The molecule has 1 aromatic carbocycles. The standard InChI is InChI=1S/C14H15N3O2/c1-10-8-11(2)16-14(15-10)17-13(18)9-19-12-6-4-3-5-7-12/h3-8H,9H2,1-2H3,(H,15,16,17,18). The third-order valence-corrected chi connectivity index (χ3v) is 2.35. The van der Waals surface area contributed by atoms with Gasteiger partial charge in [-0.3, -0.25) is 10.1 Å². The SMILES string of the molecule is Cc1cc(C)nc(NC(=O)COc2ccccc2)n1. The van der Waals surface area contributed by atoms with E-state index < -0.39 is 0 Å². The Labute approximate surface area is 111 Å². The fourth-order valence-corrected chi connectivity index (χ4v) is 1.61. The number of para-hydroxylation sites is 1. The van der Waals surface area contributed by atoms with Gasteiger partial charge in [0.05, 0.1) is 0 Å². The summed E-state index contributed by atoms with van der Waals surface area (Å²) in [6.45, 7) is 3.63. The Morgan fingerprint density at radius 3 is 2.42 bits per heavy atom. The maximum Gasteiger partial charge on any atom is 0.264 e. The van der Waals surface area contributed by atoms with Crippen LogP contribution in [0.1, 0.15) is 11.4 Å². The number of ether oxygens (including phenoxy) is 1. The minimum Gasteiger partial charge on any atom is -0.484 e. The average Bonchev–Trinajstić information content (AvgIpc) is 2.36. The monoisotopic (exact) mass is 257 g/mol. The molecule has 1 heterocycles. The van der Waals surface area contributed by atoms with Gasteiger partial charge in [0, 0.05) is 11.4 Å². The van der Waals surface area contributed by atoms with Gasteiger partial charge >= 0.3 is 0 Å². The highest BCUT2D eigenvalue weighted by Gasteiger charge is 2.06. The smallest absolute Gasteiger partial charge is 0.264 e. The lowest BCUT2D eigenvalue weighted by Gasteiger charge is -2.07. The second kappa shape index (κ2) is 5.95. The molecule has 5 nitrogen and oxygen atoms in total. The predicted molar refractivity (Wildman–Crippen MR) is 72.1 cm³/mol. The quantitative estimate of drug-likeness (QED) is 0.911. The molecule has 19 heavy (non-hydrogen) atoms. The van der Waals surface area contributed by atoms with Crippen LogP contribution in [0.2, 0.25) is 0 Å². The second-order valence-corrected chi connectivity index (χ2v) is 4.12. The summed E-state index contributed by atoms with van der Waals surface area (Å²) in [5, 5.41) is 2.61. The van der Waals surface area contributed by atoms with E-state index >= 15 is 0 Å². The minimum atomic E-state index is -0.283. The molecule has 5 heteroatoms. The number of nitrogens with one attached hydrogen (secondary N) is 1. The number of benzene rings is 1. The van der Waals surface area contributed by atoms with Gasteiger partial charge in [0.1, 0.15) is 5.75 Å². The van der Waals surface area contributed by atoms with Gasteiger partial charge in [-0.25, -0.2) is 9.97 Å². The molecule has 2 rings (SSSR count). The van der Waals surface area contributed by atoms with Gasteiger partial charge in [-0.1, -0.05) is 18.2 Å². The summed E-state index contributed by atoms with van der Waals surface area (Å²) in [6.07, 6.45) is 0. The van der Waals surface area contributed by atoms with Crippen LogP contribution in [0.3, 0.4) is 0 Å². The molecule has 0 aliphatic heterocycles. The number of carbonyl (C=O) groups is 1. The van der Waals surface area contributed by atoms with E-state index in [9.17, 15) is 4.79 Å². The van der Waals surface area contributed by atoms with Crippen LogP contribution < -0.4 is 10.1 Å². The van der Waals surface area contributed by atoms with Gasteiger partial charge < -0.3 is 4.74 Å². The Hall–Kier alpha value is -2.43. The summed E-state index contributed by atoms with van der Waals surface area (Å²) in [5.74, 6) is 0.673. The fourth-order valence-electron chi connectivity index (χ4n) is 1.61. The van der Waals surface area contributed by atoms with Crippen LogP contribution in [-0.4, -0.2) is 22.5 Å². The first-order valence-electron chi connectivity index (χ1n) is 5.93. The van der Waals surface area contributed by atoms with Crippen LogP contribution in [0.25, 0.3) is 0 Å². The van der Waals surface area contributed by atoms with Gasteiger partial charge in [-0.05, 0) is 32.0 Å². The van der Waals surface area contributed by atoms with Crippen molar-refractivity contribution in [2.45, 2.75) is 13.8 Å². The number of anilines is 1. The number of hydrogen-bond donors (Lipinski definition) is 1. The summed E-state index contributed by atoms with van der Waals surface area (Å²) in [4.78, 5) is 20.0. The summed E-state index contributed by atoms with van der Waals surface area (Å²) in [6, 6.07) is 11.0. The van der Waals surface area contributed by atoms with Crippen molar-refractivity contribution in [3.8, 4) is 5.75 Å². The van der Waals surface area contributed by atoms with Crippen LogP contribution in [0.15, 0.2) is 36.4 Å². The maximum atomic E-state index is 11.7. The lowest BCUT2D eigenvalue weighted by Crippen LogP contribution is -2.21. The first-order valence-corrected chi connectivity index (χ1v) is 5.93. The van der Waals surface area contributed by atoms with Crippen LogP contribution in [0.4, 0.5) is 5.95 Å². The lowest BCUT2D eigenvalue weighted by molar-refractivity contribution is -0.118. The van der Waals surface area contributed by atoms with Crippen molar-refractivity contribution < 1.29 is 9.53 Å². The zero-order chi connectivity index (χ0) is 13.7. The van der Waals surface area contributed by atoms with E-state index in [2.05, 4.69) is 15.3 Å². The van der Waals surface area contributed by atoms with Gasteiger partial charge in [0.25, 0.3) is 5.91 Å². The van der Waals surface area contributed by atoms with E-state index in [-0.39, 0.29) is 12.5 Å². The largest absolute Gasteiger partial charge is 0.484 e. The average molecular weight is 257 g/mol. The van der Waals surface area contributed by atoms with Crippen LogP contribution in [-0.2, 0) is 4.79 Å². The number of hydrogen-bond acceptors (Lipinski definition) is 4. The Kier molecular flexibility index (Phi) is 4.07. The normalized spacial score (nSPS) is 10.0. The van der Waals surface area contributed by atoms with E-state index in [0.29, 0.717) is 11.7 Å². The first kappa shape index (κ1) is 13.0. The highest BCUT2D eigenvalue weighted by molar-refractivity contribution is 5.90. The number of rotatable bonds is 4. The maximum absolute atomic E-state index is 11.7. The molecule has 0 saturated carbocycles. The molecule has 1 amide bonds. The molecule has 0 spiro atoms. The molecule has 0 radical (unpaired) electrons. The van der Waals surface area contributed by atoms with Crippen LogP contribution in [0, 0.1) is 13.8 Å². The number of amides is 1. The first-order chi connectivity index (χ1) is 9.13. The van der Waals surface area contributed by atoms with Gasteiger partial charge in [0.15, 0.2) is 6.61 Å². The third kappa shape index (κ3) is 4.06. The molecular formula is C14H15N3O2. The molecule has 0 unspecified atom stereocenters. The summed E-state index contributed by atoms with van der Waals surface area (Å²) in [7, 11) is 0. The number of carbonyl (C=O) groups excluding carboxylic acids is 1. The highest BCUT2D eigenvalue weighted by atomic mass is 16.5.